The molecule has 1 aromatic carbocycles. The van der Waals surface area contributed by atoms with Crippen LogP contribution in [-0.2, 0) is 25.8 Å². The van der Waals surface area contributed by atoms with E-state index in [9.17, 15) is 18.0 Å². The Balaban J connectivity index is 1.82. The number of nitrogens with one attached hydrogen (secondary N) is 1. The predicted octanol–water partition coefficient (Wildman–Crippen LogP) is 2.14. The fraction of sp³-hybridized carbons (Fsp3) is 0.550. The van der Waals surface area contributed by atoms with E-state index in [1.165, 1.54) is 23.7 Å². The van der Waals surface area contributed by atoms with Crippen molar-refractivity contribution in [3.05, 3.63) is 29.8 Å². The number of carbonyl (C=O) groups excluding carboxylic acids is 2. The number of amidine groups is 1. The van der Waals surface area contributed by atoms with Gasteiger partial charge in [-0.05, 0) is 36.8 Å². The molecule has 1 aliphatic heterocycles. The smallest absolute Gasteiger partial charge is 0.242 e. The van der Waals surface area contributed by atoms with Gasteiger partial charge >= 0.3 is 0 Å². The van der Waals surface area contributed by atoms with Crippen LogP contribution in [0.15, 0.2) is 29.3 Å². The monoisotopic (exact) mass is 437 g/mol. The predicted molar refractivity (Wildman–Crippen MR) is 116 cm³/mol. The Kier molecular flexibility index (Phi) is 7.00. The van der Waals surface area contributed by atoms with E-state index in [-0.39, 0.29) is 42.2 Å². The Morgan fingerprint density at radius 2 is 2.03 bits per heavy atom. The van der Waals surface area contributed by atoms with Crippen molar-refractivity contribution in [1.29, 1.82) is 0 Å². The molecule has 7 nitrogen and oxygen atoms in total. The van der Waals surface area contributed by atoms with Gasteiger partial charge in [-0.3, -0.25) is 14.5 Å². The molecule has 0 radical (unpaired) electrons. The molecule has 1 atom stereocenters. The van der Waals surface area contributed by atoms with E-state index in [1.807, 2.05) is 31.2 Å². The van der Waals surface area contributed by atoms with E-state index < -0.39 is 15.1 Å². The summed E-state index contributed by atoms with van der Waals surface area (Å²) >= 11 is 1.23. The maximum atomic E-state index is 12.9. The lowest BCUT2D eigenvalue weighted by Crippen LogP contribution is -2.37. The first kappa shape index (κ1) is 21.8. The summed E-state index contributed by atoms with van der Waals surface area (Å²) in [6.07, 6.45) is 2.77. The zero-order valence-electron chi connectivity index (χ0n) is 16.8. The van der Waals surface area contributed by atoms with Crippen molar-refractivity contribution in [2.24, 2.45) is 10.9 Å². The Hall–Kier alpha value is -1.87. The molecule has 3 rings (SSSR count). The molecule has 2 aliphatic rings. The van der Waals surface area contributed by atoms with Gasteiger partial charge in [-0.25, -0.2) is 13.4 Å². The molecule has 0 spiro atoms. The van der Waals surface area contributed by atoms with Crippen LogP contribution in [0.5, 0.6) is 0 Å². The van der Waals surface area contributed by atoms with Gasteiger partial charge in [0, 0.05) is 20.0 Å². The van der Waals surface area contributed by atoms with Gasteiger partial charge < -0.3 is 5.32 Å². The summed E-state index contributed by atoms with van der Waals surface area (Å²) in [7, 11) is -1.69. The highest BCUT2D eigenvalue weighted by Gasteiger charge is 2.40. The lowest BCUT2D eigenvalue weighted by molar-refractivity contribution is -0.129. The van der Waals surface area contributed by atoms with Gasteiger partial charge in [-0.1, -0.05) is 36.9 Å². The van der Waals surface area contributed by atoms with Gasteiger partial charge in [0.05, 0.1) is 17.2 Å². The fourth-order valence-corrected chi connectivity index (χ4v) is 6.04. The number of amides is 2. The highest BCUT2D eigenvalue weighted by atomic mass is 32.2. The minimum absolute atomic E-state index is 0.0414. The summed E-state index contributed by atoms with van der Waals surface area (Å²) < 4.78 is 24.7. The van der Waals surface area contributed by atoms with Crippen molar-refractivity contribution >= 4 is 44.3 Å². The third kappa shape index (κ3) is 5.82. The van der Waals surface area contributed by atoms with E-state index in [4.69, 9.17) is 0 Å². The molecule has 2 fully saturated rings. The molecular weight excluding hydrogens is 410 g/mol. The second kappa shape index (κ2) is 9.30. The number of thioether (sulfide) groups is 1. The zero-order valence-corrected chi connectivity index (χ0v) is 18.4. The maximum absolute atomic E-state index is 12.9. The number of aliphatic imine (C=N–C) groups is 1. The summed E-state index contributed by atoms with van der Waals surface area (Å²) in [5, 5.41) is 2.41. The molecule has 1 saturated heterocycles. The number of aryl methyl sites for hydroxylation is 1. The number of benzene rings is 1. The van der Waals surface area contributed by atoms with E-state index >= 15 is 0 Å². The van der Waals surface area contributed by atoms with Crippen LogP contribution in [0.3, 0.4) is 0 Å². The summed E-state index contributed by atoms with van der Waals surface area (Å²) in [6, 6.07) is 7.68. The van der Waals surface area contributed by atoms with Crippen LogP contribution in [0, 0.1) is 5.92 Å². The number of nitrogens with zero attached hydrogens (tertiary/aromatic N) is 2. The summed E-state index contributed by atoms with van der Waals surface area (Å²) in [5.41, 5.74) is 1.81. The second-order valence-corrected chi connectivity index (χ2v) is 10.8. The Labute approximate surface area is 176 Å². The number of hydrogen-bond donors (Lipinski definition) is 1. The summed E-state index contributed by atoms with van der Waals surface area (Å²) in [5.74, 6) is -0.110. The average molecular weight is 438 g/mol. The molecule has 1 saturated carbocycles. The first-order chi connectivity index (χ1) is 13.8. The Morgan fingerprint density at radius 3 is 2.69 bits per heavy atom. The quantitative estimate of drug-likeness (QED) is 0.639. The molecular formula is C20H27N3O4S2. The van der Waals surface area contributed by atoms with Gasteiger partial charge in [0.1, 0.15) is 5.25 Å². The van der Waals surface area contributed by atoms with Gasteiger partial charge in [0.2, 0.25) is 11.8 Å². The van der Waals surface area contributed by atoms with Crippen LogP contribution in [-0.4, -0.2) is 60.6 Å². The van der Waals surface area contributed by atoms with Gasteiger partial charge in [0.15, 0.2) is 15.0 Å². The highest BCUT2D eigenvalue weighted by Crippen LogP contribution is 2.33. The van der Waals surface area contributed by atoms with Crippen LogP contribution < -0.4 is 5.32 Å². The fourth-order valence-electron chi connectivity index (χ4n) is 3.18. The molecule has 1 heterocycles. The average Bonchev–Trinajstić information content (AvgIpc) is 3.45. The second-order valence-electron chi connectivity index (χ2n) is 7.41. The van der Waals surface area contributed by atoms with Gasteiger partial charge in [0.25, 0.3) is 0 Å². The van der Waals surface area contributed by atoms with Gasteiger partial charge in [-0.2, -0.15) is 0 Å². The molecule has 1 unspecified atom stereocenters. The maximum Gasteiger partial charge on any atom is 0.242 e. The first-order valence-electron chi connectivity index (χ1n) is 9.88. The minimum Gasteiger partial charge on any atom is -0.359 e. The van der Waals surface area contributed by atoms with E-state index in [0.29, 0.717) is 5.17 Å². The van der Waals surface area contributed by atoms with Crippen molar-refractivity contribution in [1.82, 2.24) is 10.2 Å². The molecule has 158 valence electrons. The molecule has 2 amide bonds. The molecule has 0 bridgehead atoms. The topological polar surface area (TPSA) is 95.9 Å². The molecule has 9 heteroatoms. The third-order valence-electron chi connectivity index (χ3n) is 5.07. The largest absolute Gasteiger partial charge is 0.359 e. The zero-order chi connectivity index (χ0) is 21.0. The van der Waals surface area contributed by atoms with Crippen LogP contribution in [0.2, 0.25) is 0 Å². The summed E-state index contributed by atoms with van der Waals surface area (Å²) in [6.45, 7) is 2.10. The highest BCUT2D eigenvalue weighted by molar-refractivity contribution is 8.15. The van der Waals surface area contributed by atoms with Crippen molar-refractivity contribution in [3.63, 3.8) is 0 Å². The van der Waals surface area contributed by atoms with E-state index in [0.717, 1.165) is 30.5 Å². The number of hydrogen-bond acceptors (Lipinski definition) is 6. The van der Waals surface area contributed by atoms with Crippen molar-refractivity contribution < 1.29 is 18.0 Å². The number of sulfone groups is 1. The lowest BCUT2D eigenvalue weighted by atomic mass is 10.1. The number of para-hydroxylation sites is 1. The van der Waals surface area contributed by atoms with Crippen molar-refractivity contribution in [2.75, 3.05) is 25.1 Å². The Bertz CT molecular complexity index is 910. The molecule has 29 heavy (non-hydrogen) atoms. The van der Waals surface area contributed by atoms with Crippen LogP contribution in [0.4, 0.5) is 5.69 Å². The normalized spacial score (nSPS) is 21.0. The molecule has 0 aromatic heterocycles. The summed E-state index contributed by atoms with van der Waals surface area (Å²) in [4.78, 5) is 30.8. The van der Waals surface area contributed by atoms with Crippen LogP contribution >= 0.6 is 11.8 Å². The number of rotatable bonds is 9. The van der Waals surface area contributed by atoms with E-state index in [1.54, 1.807) is 0 Å². The molecule has 1 aliphatic carbocycles. The van der Waals surface area contributed by atoms with Crippen molar-refractivity contribution in [2.45, 2.75) is 37.9 Å². The van der Waals surface area contributed by atoms with E-state index in [2.05, 4.69) is 10.3 Å². The molecule has 1 aromatic rings. The first-order valence-corrected chi connectivity index (χ1v) is 12.6. The van der Waals surface area contributed by atoms with Crippen LogP contribution in [0.25, 0.3) is 0 Å². The third-order valence-corrected chi connectivity index (χ3v) is 8.03. The standard InChI is InChI=1S/C20H27N3O4S2/c1-3-15-6-4-5-7-16(15)22-20-23(10-11-29(26,27)13-14-8-9-14)19(25)17(28-20)12-18(24)21-2/h4-7,14,17H,3,8-13H2,1-2H3,(H,21,24). The lowest BCUT2D eigenvalue weighted by Gasteiger charge is -2.17. The number of carbonyl (C=O) groups is 2. The Morgan fingerprint density at radius 1 is 1.31 bits per heavy atom. The van der Waals surface area contributed by atoms with Gasteiger partial charge in [-0.15, -0.1) is 0 Å². The van der Waals surface area contributed by atoms with Crippen LogP contribution in [0.1, 0.15) is 31.7 Å². The van der Waals surface area contributed by atoms with Crippen molar-refractivity contribution in [3.8, 4) is 0 Å². The molecule has 1 N–H and O–H groups in total. The SMILES string of the molecule is CCc1ccccc1N=C1SC(CC(=O)NC)C(=O)N1CCS(=O)(=O)CC1CC1. The minimum atomic E-state index is -3.22.